The first-order chi connectivity index (χ1) is 9.92. The third-order valence-electron chi connectivity index (χ3n) is 2.95. The molecule has 0 unspecified atom stereocenters. The van der Waals surface area contributed by atoms with E-state index in [4.69, 9.17) is 16.9 Å². The van der Waals surface area contributed by atoms with Crippen molar-refractivity contribution >= 4 is 39.1 Å². The summed E-state index contributed by atoms with van der Waals surface area (Å²) in [7, 11) is 0. The molecule has 0 aliphatic rings. The van der Waals surface area contributed by atoms with Crippen LogP contribution in [0.15, 0.2) is 34.9 Å². The van der Waals surface area contributed by atoms with Crippen molar-refractivity contribution in [3.8, 4) is 6.07 Å². The molecule has 108 valence electrons. The van der Waals surface area contributed by atoms with Crippen LogP contribution in [0.2, 0.25) is 5.02 Å². The summed E-state index contributed by atoms with van der Waals surface area (Å²) in [5, 5.41) is 12.3. The fraction of sp³-hybridized carbons (Fsp3) is 0.200. The van der Waals surface area contributed by atoms with E-state index in [1.807, 2.05) is 30.7 Å². The number of hydrogen-bond acceptors (Lipinski definition) is 2. The summed E-state index contributed by atoms with van der Waals surface area (Å²) in [4.78, 5) is 12.4. The van der Waals surface area contributed by atoms with Gasteiger partial charge in [-0.25, -0.2) is 0 Å². The van der Waals surface area contributed by atoms with Gasteiger partial charge in [0.15, 0.2) is 0 Å². The summed E-state index contributed by atoms with van der Waals surface area (Å²) in [6, 6.07) is 8.68. The molecule has 1 aromatic carbocycles. The molecular formula is C15H13BrClN3O. The Morgan fingerprint density at radius 2 is 2.14 bits per heavy atom. The van der Waals surface area contributed by atoms with Crippen LogP contribution in [0, 0.1) is 11.3 Å². The molecule has 0 fully saturated rings. The number of carbonyl (C=O) groups is 1. The van der Waals surface area contributed by atoms with Crippen molar-refractivity contribution in [2.45, 2.75) is 19.9 Å². The van der Waals surface area contributed by atoms with E-state index >= 15 is 0 Å². The second-order valence-corrected chi connectivity index (χ2v) is 6.15. The zero-order chi connectivity index (χ0) is 15.6. The van der Waals surface area contributed by atoms with Crippen molar-refractivity contribution in [3.05, 3.63) is 51.2 Å². The number of nitrogens with zero attached hydrogens (tertiary/aromatic N) is 2. The predicted octanol–water partition coefficient (Wildman–Crippen LogP) is 4.61. The molecule has 0 radical (unpaired) electrons. The molecule has 0 atom stereocenters. The van der Waals surface area contributed by atoms with Crippen LogP contribution in [0.3, 0.4) is 0 Å². The van der Waals surface area contributed by atoms with Gasteiger partial charge >= 0.3 is 0 Å². The molecule has 1 aromatic heterocycles. The lowest BCUT2D eigenvalue weighted by Crippen LogP contribution is -2.18. The van der Waals surface area contributed by atoms with Crippen LogP contribution >= 0.6 is 27.5 Å². The molecule has 1 N–H and O–H groups in total. The van der Waals surface area contributed by atoms with Gasteiger partial charge < -0.3 is 9.88 Å². The molecule has 0 saturated carbocycles. The Labute approximate surface area is 136 Å². The van der Waals surface area contributed by atoms with E-state index < -0.39 is 0 Å². The highest BCUT2D eigenvalue weighted by Gasteiger charge is 2.16. The van der Waals surface area contributed by atoms with Gasteiger partial charge in [-0.3, -0.25) is 4.79 Å². The normalized spacial score (nSPS) is 10.5. The minimum absolute atomic E-state index is 0.145. The minimum Gasteiger partial charge on any atom is -0.340 e. The summed E-state index contributed by atoms with van der Waals surface area (Å²) in [5.74, 6) is -0.284. The third-order valence-corrected chi connectivity index (χ3v) is 3.62. The maximum Gasteiger partial charge on any atom is 0.272 e. The highest BCUT2D eigenvalue weighted by atomic mass is 79.9. The van der Waals surface area contributed by atoms with Crippen LogP contribution in [0.5, 0.6) is 0 Å². The van der Waals surface area contributed by atoms with E-state index in [1.54, 1.807) is 24.3 Å². The van der Waals surface area contributed by atoms with Crippen molar-refractivity contribution in [1.29, 1.82) is 5.26 Å². The van der Waals surface area contributed by atoms with Gasteiger partial charge in [0, 0.05) is 21.7 Å². The molecule has 21 heavy (non-hydrogen) atoms. The Balaban J connectivity index is 2.35. The monoisotopic (exact) mass is 365 g/mol. The van der Waals surface area contributed by atoms with Crippen LogP contribution in [0.4, 0.5) is 5.69 Å². The van der Waals surface area contributed by atoms with E-state index in [0.717, 1.165) is 4.47 Å². The Bertz CT molecular complexity index is 731. The maximum atomic E-state index is 12.4. The van der Waals surface area contributed by atoms with E-state index in [2.05, 4.69) is 21.2 Å². The summed E-state index contributed by atoms with van der Waals surface area (Å²) < 4.78 is 2.68. The van der Waals surface area contributed by atoms with Crippen LogP contribution in [0.25, 0.3) is 0 Å². The smallest absolute Gasteiger partial charge is 0.272 e. The molecule has 1 amide bonds. The molecule has 2 rings (SSSR count). The highest BCUT2D eigenvalue weighted by Crippen LogP contribution is 2.23. The van der Waals surface area contributed by atoms with Gasteiger partial charge in [-0.05, 0) is 54.0 Å². The first-order valence-electron chi connectivity index (χ1n) is 6.30. The van der Waals surface area contributed by atoms with Gasteiger partial charge in [-0.1, -0.05) is 11.6 Å². The zero-order valence-corrected chi connectivity index (χ0v) is 13.9. The second kappa shape index (κ2) is 6.33. The number of halogens is 2. The van der Waals surface area contributed by atoms with Gasteiger partial charge in [0.2, 0.25) is 0 Å². The first-order valence-corrected chi connectivity index (χ1v) is 7.48. The number of nitriles is 1. The quantitative estimate of drug-likeness (QED) is 0.862. The van der Waals surface area contributed by atoms with Crippen molar-refractivity contribution in [2.75, 3.05) is 5.32 Å². The second-order valence-electron chi connectivity index (χ2n) is 4.80. The average Bonchev–Trinajstić information content (AvgIpc) is 2.81. The molecule has 1 heterocycles. The Morgan fingerprint density at radius 3 is 2.76 bits per heavy atom. The fourth-order valence-electron chi connectivity index (χ4n) is 1.96. The van der Waals surface area contributed by atoms with Crippen molar-refractivity contribution in [2.24, 2.45) is 0 Å². The number of rotatable bonds is 3. The number of carbonyl (C=O) groups excluding carboxylic acids is 1. The number of hydrogen-bond donors (Lipinski definition) is 1. The van der Waals surface area contributed by atoms with E-state index in [1.165, 1.54) is 0 Å². The summed E-state index contributed by atoms with van der Waals surface area (Å²) >= 11 is 9.29. The van der Waals surface area contributed by atoms with Crippen molar-refractivity contribution < 1.29 is 4.79 Å². The number of nitrogens with one attached hydrogen (secondary N) is 1. The average molecular weight is 367 g/mol. The standard InChI is InChI=1S/C15H13BrClN3O/c1-9(2)20-8-11(16)5-14(20)15(21)19-13-6-12(17)4-3-10(13)7-18/h3-6,8-9H,1-2H3,(H,19,21). The molecule has 0 aliphatic carbocycles. The maximum absolute atomic E-state index is 12.4. The van der Waals surface area contributed by atoms with Gasteiger partial charge in [-0.15, -0.1) is 0 Å². The molecule has 0 aliphatic heterocycles. The fourth-order valence-corrected chi connectivity index (χ4v) is 2.57. The van der Waals surface area contributed by atoms with Gasteiger partial charge in [0.25, 0.3) is 5.91 Å². The summed E-state index contributed by atoms with van der Waals surface area (Å²) in [6.07, 6.45) is 1.85. The molecule has 4 nitrogen and oxygen atoms in total. The van der Waals surface area contributed by atoms with Crippen molar-refractivity contribution in [3.63, 3.8) is 0 Å². The zero-order valence-electron chi connectivity index (χ0n) is 11.5. The first kappa shape index (κ1) is 15.6. The Kier molecular flexibility index (Phi) is 4.71. The Morgan fingerprint density at radius 1 is 1.43 bits per heavy atom. The van der Waals surface area contributed by atoms with E-state index in [-0.39, 0.29) is 11.9 Å². The number of amides is 1. The topological polar surface area (TPSA) is 57.8 Å². The lowest BCUT2D eigenvalue weighted by Gasteiger charge is -2.13. The van der Waals surface area contributed by atoms with Gasteiger partial charge in [0.05, 0.1) is 11.3 Å². The number of aromatic nitrogens is 1. The molecule has 6 heteroatoms. The predicted molar refractivity (Wildman–Crippen MR) is 86.6 cm³/mol. The van der Waals surface area contributed by atoms with E-state index in [9.17, 15) is 4.79 Å². The molecule has 0 spiro atoms. The number of anilines is 1. The van der Waals surface area contributed by atoms with E-state index in [0.29, 0.717) is 22.0 Å². The van der Waals surface area contributed by atoms with Crippen LogP contribution in [-0.2, 0) is 0 Å². The van der Waals surface area contributed by atoms with Gasteiger partial charge in [0.1, 0.15) is 11.8 Å². The lowest BCUT2D eigenvalue weighted by atomic mass is 10.2. The van der Waals surface area contributed by atoms with Crippen molar-refractivity contribution in [1.82, 2.24) is 4.57 Å². The van der Waals surface area contributed by atoms with Crippen LogP contribution in [-0.4, -0.2) is 10.5 Å². The highest BCUT2D eigenvalue weighted by molar-refractivity contribution is 9.10. The van der Waals surface area contributed by atoms with Crippen LogP contribution < -0.4 is 5.32 Å². The third kappa shape index (κ3) is 3.46. The lowest BCUT2D eigenvalue weighted by molar-refractivity contribution is 0.101. The largest absolute Gasteiger partial charge is 0.340 e. The minimum atomic E-state index is -0.284. The molecule has 0 saturated heterocycles. The Hall–Kier alpha value is -1.77. The number of benzene rings is 1. The molecule has 2 aromatic rings. The summed E-state index contributed by atoms with van der Waals surface area (Å²) in [5.41, 5.74) is 1.29. The van der Waals surface area contributed by atoms with Gasteiger partial charge in [-0.2, -0.15) is 5.26 Å². The van der Waals surface area contributed by atoms with Crippen LogP contribution in [0.1, 0.15) is 35.9 Å². The SMILES string of the molecule is CC(C)n1cc(Br)cc1C(=O)Nc1cc(Cl)ccc1C#N. The molecular weight excluding hydrogens is 354 g/mol. The molecule has 0 bridgehead atoms. The summed E-state index contributed by atoms with van der Waals surface area (Å²) in [6.45, 7) is 3.98.